The molecule has 0 aromatic heterocycles. The van der Waals surface area contributed by atoms with Crippen molar-refractivity contribution in [1.29, 1.82) is 0 Å². The van der Waals surface area contributed by atoms with Crippen LogP contribution in [0.1, 0.15) is 18.4 Å². The zero-order chi connectivity index (χ0) is 16.5. The number of hydrogen-bond donors (Lipinski definition) is 2. The number of β-amino-alcohol motifs (C(OH)–C–C–N with tert-alkyl or cyclic N) is 1. The molecule has 2 rings (SSSR count). The second kappa shape index (κ2) is 9.50. The summed E-state index contributed by atoms with van der Waals surface area (Å²) >= 11 is 0. The highest BCUT2D eigenvalue weighted by molar-refractivity contribution is 5.67. The fourth-order valence-corrected chi connectivity index (χ4v) is 2.73. The maximum atomic E-state index is 11.8. The minimum absolute atomic E-state index is 0.133. The molecule has 0 bridgehead atoms. The van der Waals surface area contributed by atoms with Gasteiger partial charge in [-0.2, -0.15) is 0 Å². The van der Waals surface area contributed by atoms with Gasteiger partial charge in [0.15, 0.2) is 0 Å². The van der Waals surface area contributed by atoms with E-state index < -0.39 is 6.10 Å². The summed E-state index contributed by atoms with van der Waals surface area (Å²) in [5.41, 5.74) is 0.976. The van der Waals surface area contributed by atoms with Gasteiger partial charge in [0.2, 0.25) is 0 Å². The lowest BCUT2D eigenvalue weighted by molar-refractivity contribution is 0.0308. The van der Waals surface area contributed by atoms with Crippen LogP contribution in [-0.4, -0.2) is 61.6 Å². The van der Waals surface area contributed by atoms with Crippen molar-refractivity contribution in [3.05, 3.63) is 35.9 Å². The largest absolute Gasteiger partial charge is 0.445 e. The summed E-state index contributed by atoms with van der Waals surface area (Å²) in [5, 5.41) is 12.6. The molecular formula is C17H26N2O4. The predicted molar refractivity (Wildman–Crippen MR) is 87.1 cm³/mol. The molecule has 1 aliphatic heterocycles. The van der Waals surface area contributed by atoms with E-state index in [1.807, 2.05) is 30.3 Å². The summed E-state index contributed by atoms with van der Waals surface area (Å²) in [6.07, 6.45) is 0.896. The number of benzene rings is 1. The van der Waals surface area contributed by atoms with Crippen molar-refractivity contribution >= 4 is 6.09 Å². The molecule has 6 heteroatoms. The van der Waals surface area contributed by atoms with Crippen LogP contribution in [0.2, 0.25) is 0 Å². The van der Waals surface area contributed by atoms with Crippen LogP contribution < -0.4 is 5.32 Å². The highest BCUT2D eigenvalue weighted by Gasteiger charge is 2.22. The number of alkyl carbamates (subject to hydrolysis) is 1. The van der Waals surface area contributed by atoms with E-state index in [2.05, 4.69) is 10.2 Å². The van der Waals surface area contributed by atoms with Gasteiger partial charge in [-0.25, -0.2) is 4.79 Å². The zero-order valence-electron chi connectivity index (χ0n) is 13.6. The average molecular weight is 322 g/mol. The van der Waals surface area contributed by atoms with Crippen molar-refractivity contribution in [1.82, 2.24) is 10.2 Å². The Morgan fingerprint density at radius 3 is 2.70 bits per heavy atom. The molecule has 1 aromatic rings. The number of nitrogens with zero attached hydrogens (tertiary/aromatic N) is 1. The Morgan fingerprint density at radius 2 is 2.04 bits per heavy atom. The van der Waals surface area contributed by atoms with E-state index in [0.717, 1.165) is 31.5 Å². The number of nitrogens with one attached hydrogen (secondary N) is 1. The van der Waals surface area contributed by atoms with Crippen LogP contribution in [0.5, 0.6) is 0 Å². The number of carbonyl (C=O) groups is 1. The van der Waals surface area contributed by atoms with E-state index in [0.29, 0.717) is 13.2 Å². The Bertz CT molecular complexity index is 461. The Balaban J connectivity index is 1.63. The van der Waals surface area contributed by atoms with E-state index in [1.165, 1.54) is 0 Å². The van der Waals surface area contributed by atoms with Crippen LogP contribution in [0.25, 0.3) is 0 Å². The Hall–Kier alpha value is -1.63. The Morgan fingerprint density at radius 1 is 1.35 bits per heavy atom. The molecule has 1 saturated heterocycles. The first-order valence-corrected chi connectivity index (χ1v) is 8.04. The van der Waals surface area contributed by atoms with Gasteiger partial charge in [-0.1, -0.05) is 30.3 Å². The summed E-state index contributed by atoms with van der Waals surface area (Å²) in [6.45, 7) is 2.95. The van der Waals surface area contributed by atoms with Gasteiger partial charge in [-0.15, -0.1) is 0 Å². The minimum Gasteiger partial charge on any atom is -0.445 e. The summed E-state index contributed by atoms with van der Waals surface area (Å²) in [7, 11) is 1.58. The smallest absolute Gasteiger partial charge is 0.407 e. The number of aliphatic hydroxyl groups excluding tert-OH is 1. The SMILES string of the molecule is COC[C@H](O)CN1CCC(NC(=O)OCc2ccccc2)CC1. The van der Waals surface area contributed by atoms with Crippen LogP contribution >= 0.6 is 0 Å². The van der Waals surface area contributed by atoms with Gasteiger partial charge in [-0.3, -0.25) is 0 Å². The highest BCUT2D eigenvalue weighted by atomic mass is 16.5. The number of aliphatic hydroxyl groups is 1. The Labute approximate surface area is 137 Å². The monoisotopic (exact) mass is 322 g/mol. The van der Waals surface area contributed by atoms with Crippen molar-refractivity contribution < 1.29 is 19.4 Å². The van der Waals surface area contributed by atoms with E-state index in [9.17, 15) is 9.90 Å². The predicted octanol–water partition coefficient (Wildman–Crippen LogP) is 1.38. The minimum atomic E-state index is -0.458. The normalized spacial score (nSPS) is 17.7. The van der Waals surface area contributed by atoms with Crippen LogP contribution in [0.15, 0.2) is 30.3 Å². The van der Waals surface area contributed by atoms with Gasteiger partial charge >= 0.3 is 6.09 Å². The molecule has 0 radical (unpaired) electrons. The first kappa shape index (κ1) is 17.7. The summed E-state index contributed by atoms with van der Waals surface area (Å²) in [5.74, 6) is 0. The van der Waals surface area contributed by atoms with Crippen molar-refractivity contribution in [2.45, 2.75) is 31.6 Å². The number of ether oxygens (including phenoxy) is 2. The molecule has 1 aromatic carbocycles. The lowest BCUT2D eigenvalue weighted by Gasteiger charge is -2.33. The third-order valence-electron chi connectivity index (χ3n) is 3.95. The van der Waals surface area contributed by atoms with Crippen LogP contribution in [0, 0.1) is 0 Å². The number of likely N-dealkylation sites (tertiary alicyclic amines) is 1. The molecule has 0 spiro atoms. The van der Waals surface area contributed by atoms with Crippen molar-refractivity contribution in [2.75, 3.05) is 33.4 Å². The second-order valence-electron chi connectivity index (χ2n) is 5.89. The lowest BCUT2D eigenvalue weighted by atomic mass is 10.0. The molecule has 1 heterocycles. The number of methoxy groups -OCH3 is 1. The van der Waals surface area contributed by atoms with Crippen molar-refractivity contribution in [3.8, 4) is 0 Å². The first-order valence-electron chi connectivity index (χ1n) is 8.04. The quantitative estimate of drug-likeness (QED) is 0.794. The third kappa shape index (κ3) is 6.56. The third-order valence-corrected chi connectivity index (χ3v) is 3.95. The fourth-order valence-electron chi connectivity index (χ4n) is 2.73. The van der Waals surface area contributed by atoms with Gasteiger partial charge in [0.05, 0.1) is 12.7 Å². The first-order chi connectivity index (χ1) is 11.2. The number of amides is 1. The van der Waals surface area contributed by atoms with Gasteiger partial charge < -0.3 is 24.8 Å². The zero-order valence-corrected chi connectivity index (χ0v) is 13.6. The van der Waals surface area contributed by atoms with Crippen molar-refractivity contribution in [3.63, 3.8) is 0 Å². The van der Waals surface area contributed by atoms with E-state index in [-0.39, 0.29) is 18.7 Å². The highest BCUT2D eigenvalue weighted by Crippen LogP contribution is 2.11. The molecule has 6 nitrogen and oxygen atoms in total. The van der Waals surface area contributed by atoms with Crippen LogP contribution in [-0.2, 0) is 16.1 Å². The van der Waals surface area contributed by atoms with Gasteiger partial charge in [0.1, 0.15) is 6.61 Å². The molecule has 23 heavy (non-hydrogen) atoms. The molecular weight excluding hydrogens is 296 g/mol. The van der Waals surface area contributed by atoms with Crippen LogP contribution in [0.4, 0.5) is 4.79 Å². The van der Waals surface area contributed by atoms with Crippen molar-refractivity contribution in [2.24, 2.45) is 0 Å². The molecule has 0 saturated carbocycles. The second-order valence-corrected chi connectivity index (χ2v) is 5.89. The Kier molecular flexibility index (Phi) is 7.32. The number of rotatable bonds is 7. The van der Waals surface area contributed by atoms with Gasteiger partial charge in [-0.05, 0) is 18.4 Å². The molecule has 1 fully saturated rings. The number of carbonyl (C=O) groups excluding carboxylic acids is 1. The maximum absolute atomic E-state index is 11.8. The van der Waals surface area contributed by atoms with Gasteiger partial charge in [0, 0.05) is 32.8 Å². The molecule has 128 valence electrons. The van der Waals surface area contributed by atoms with E-state index in [4.69, 9.17) is 9.47 Å². The topological polar surface area (TPSA) is 71.0 Å². The maximum Gasteiger partial charge on any atom is 0.407 e. The molecule has 0 aliphatic carbocycles. The molecule has 1 aliphatic rings. The van der Waals surface area contributed by atoms with E-state index >= 15 is 0 Å². The summed E-state index contributed by atoms with van der Waals surface area (Å²) in [4.78, 5) is 14.0. The van der Waals surface area contributed by atoms with E-state index in [1.54, 1.807) is 7.11 Å². The average Bonchev–Trinajstić information content (AvgIpc) is 2.56. The standard InChI is InChI=1S/C17H26N2O4/c1-22-13-16(20)11-19-9-7-15(8-10-19)18-17(21)23-12-14-5-3-2-4-6-14/h2-6,15-16,20H,7-13H2,1H3,(H,18,21)/t16-/m1/s1. The molecule has 0 unspecified atom stereocenters. The molecule has 1 amide bonds. The lowest BCUT2D eigenvalue weighted by Crippen LogP contribution is -2.47. The number of piperidine rings is 1. The van der Waals surface area contributed by atoms with Gasteiger partial charge in [0.25, 0.3) is 0 Å². The molecule has 1 atom stereocenters. The summed E-state index contributed by atoms with van der Waals surface area (Å²) in [6, 6.07) is 9.76. The molecule has 2 N–H and O–H groups in total. The fraction of sp³-hybridized carbons (Fsp3) is 0.588. The summed E-state index contributed by atoms with van der Waals surface area (Å²) < 4.78 is 10.2. The number of hydrogen-bond acceptors (Lipinski definition) is 5. The van der Waals surface area contributed by atoms with Crippen LogP contribution in [0.3, 0.4) is 0 Å².